The summed E-state index contributed by atoms with van der Waals surface area (Å²) in [6, 6.07) is 7.48. The highest BCUT2D eigenvalue weighted by atomic mass is 28.4. The van der Waals surface area contributed by atoms with Crippen molar-refractivity contribution in [2.24, 2.45) is 0 Å². The van der Waals surface area contributed by atoms with E-state index in [1.165, 1.54) is 0 Å². The minimum Gasteiger partial charge on any atom is -0.544 e. The first-order valence-electron chi connectivity index (χ1n) is 7.68. The molecule has 0 aliphatic carbocycles. The third kappa shape index (κ3) is 3.77. The van der Waals surface area contributed by atoms with Gasteiger partial charge in [-0.05, 0) is 42.2 Å². The second-order valence-corrected chi connectivity index (χ2v) is 12.2. The lowest BCUT2D eigenvalue weighted by Crippen LogP contribution is -2.43. The van der Waals surface area contributed by atoms with E-state index in [2.05, 4.69) is 39.2 Å². The Morgan fingerprint density at radius 1 is 1.18 bits per heavy atom. The molecule has 5 heteroatoms. The lowest BCUT2D eigenvalue weighted by molar-refractivity contribution is -0.122. The number of nitrogens with one attached hydrogen (secondary N) is 1. The van der Waals surface area contributed by atoms with Crippen molar-refractivity contribution >= 4 is 20.0 Å². The molecule has 0 bridgehead atoms. The van der Waals surface area contributed by atoms with Gasteiger partial charge in [-0.25, -0.2) is 0 Å². The Morgan fingerprint density at radius 3 is 2.23 bits per heavy atom. The van der Waals surface area contributed by atoms with Gasteiger partial charge in [-0.3, -0.25) is 9.59 Å². The van der Waals surface area contributed by atoms with Gasteiger partial charge >= 0.3 is 0 Å². The maximum Gasteiger partial charge on any atom is 0.250 e. The Labute approximate surface area is 133 Å². The van der Waals surface area contributed by atoms with Crippen molar-refractivity contribution < 1.29 is 14.0 Å². The van der Waals surface area contributed by atoms with Gasteiger partial charge in [0.15, 0.2) is 5.78 Å². The molecule has 1 aromatic rings. The first kappa shape index (κ1) is 16.7. The van der Waals surface area contributed by atoms with Crippen LogP contribution in [0.4, 0.5) is 0 Å². The Kier molecular flexibility index (Phi) is 4.47. The van der Waals surface area contributed by atoms with Crippen LogP contribution in [0.3, 0.4) is 0 Å². The van der Waals surface area contributed by atoms with Crippen molar-refractivity contribution in [1.29, 1.82) is 0 Å². The van der Waals surface area contributed by atoms with E-state index in [4.69, 9.17) is 4.43 Å². The molecule has 0 saturated carbocycles. The van der Waals surface area contributed by atoms with Gasteiger partial charge in [0.25, 0.3) is 0 Å². The van der Waals surface area contributed by atoms with E-state index in [1.54, 1.807) is 0 Å². The summed E-state index contributed by atoms with van der Waals surface area (Å²) >= 11 is 0. The van der Waals surface area contributed by atoms with Gasteiger partial charge in [-0.1, -0.05) is 32.9 Å². The molecule has 4 nitrogen and oxygen atoms in total. The lowest BCUT2D eigenvalue weighted by atomic mass is 10.0. The first-order chi connectivity index (χ1) is 10.1. The Hall–Kier alpha value is -1.62. The largest absolute Gasteiger partial charge is 0.544 e. The number of benzene rings is 1. The Morgan fingerprint density at radius 2 is 1.77 bits per heavy atom. The summed E-state index contributed by atoms with van der Waals surface area (Å²) in [5.41, 5.74) is 1.03. The number of ketones is 1. The van der Waals surface area contributed by atoms with Crippen molar-refractivity contribution in [2.75, 3.05) is 0 Å². The van der Waals surface area contributed by atoms with Crippen LogP contribution in [-0.2, 0) is 16.0 Å². The van der Waals surface area contributed by atoms with Crippen LogP contribution in [0.1, 0.15) is 32.8 Å². The average molecular weight is 319 g/mol. The smallest absolute Gasteiger partial charge is 0.250 e. The first-order valence-corrected chi connectivity index (χ1v) is 10.6. The van der Waals surface area contributed by atoms with Crippen LogP contribution in [0.5, 0.6) is 5.75 Å². The van der Waals surface area contributed by atoms with Crippen molar-refractivity contribution in [2.45, 2.75) is 57.8 Å². The standard InChI is InChI=1S/C17H25NO3Si/c1-17(2,3)22(4,5)21-13-8-6-12(7-9-13)10-14-15(19)11-16(20)18-14/h6-9,14H,10-11H2,1-5H3,(H,18,20)/t14-/m0/s1. The minimum absolute atomic E-state index is 0.0111. The fourth-order valence-corrected chi connectivity index (χ4v) is 3.18. The van der Waals surface area contributed by atoms with E-state index in [-0.39, 0.29) is 29.2 Å². The van der Waals surface area contributed by atoms with Gasteiger partial charge in [0.2, 0.25) is 14.2 Å². The molecule has 120 valence electrons. The zero-order valence-corrected chi connectivity index (χ0v) is 15.0. The fraction of sp³-hybridized carbons (Fsp3) is 0.529. The molecule has 22 heavy (non-hydrogen) atoms. The van der Waals surface area contributed by atoms with Crippen LogP contribution in [0.2, 0.25) is 18.1 Å². The van der Waals surface area contributed by atoms with Crippen molar-refractivity contribution in [3.05, 3.63) is 29.8 Å². The molecule has 0 aromatic heterocycles. The highest BCUT2D eigenvalue weighted by Gasteiger charge is 2.39. The number of carbonyl (C=O) groups is 2. The monoisotopic (exact) mass is 319 g/mol. The second kappa shape index (κ2) is 5.87. The summed E-state index contributed by atoms with van der Waals surface area (Å²) in [4.78, 5) is 22.9. The zero-order chi connectivity index (χ0) is 16.5. The number of amides is 1. The summed E-state index contributed by atoms with van der Waals surface area (Å²) in [7, 11) is -1.83. The summed E-state index contributed by atoms with van der Waals surface area (Å²) < 4.78 is 6.23. The van der Waals surface area contributed by atoms with Gasteiger partial charge in [0, 0.05) is 0 Å². The molecule has 1 heterocycles. The summed E-state index contributed by atoms with van der Waals surface area (Å²) in [5.74, 6) is 0.677. The number of hydrogen-bond donors (Lipinski definition) is 1. The zero-order valence-electron chi connectivity index (χ0n) is 14.0. The maximum absolute atomic E-state index is 11.7. The molecular formula is C17H25NO3Si. The highest BCUT2D eigenvalue weighted by Crippen LogP contribution is 2.37. The normalized spacial score (nSPS) is 19.2. The molecule has 0 unspecified atom stereocenters. The van der Waals surface area contributed by atoms with E-state index in [9.17, 15) is 9.59 Å². The molecule has 1 atom stereocenters. The average Bonchev–Trinajstić information content (AvgIpc) is 2.68. The van der Waals surface area contributed by atoms with Crippen LogP contribution < -0.4 is 9.74 Å². The molecule has 2 rings (SSSR count). The van der Waals surface area contributed by atoms with Gasteiger partial charge in [0.05, 0.1) is 12.5 Å². The van der Waals surface area contributed by atoms with Crippen LogP contribution in [0.15, 0.2) is 24.3 Å². The predicted molar refractivity (Wildman–Crippen MR) is 89.5 cm³/mol. The van der Waals surface area contributed by atoms with E-state index in [0.29, 0.717) is 6.42 Å². The van der Waals surface area contributed by atoms with E-state index < -0.39 is 8.32 Å². The quantitative estimate of drug-likeness (QED) is 0.685. The van der Waals surface area contributed by atoms with E-state index >= 15 is 0 Å². The van der Waals surface area contributed by atoms with Gasteiger partial charge in [-0.15, -0.1) is 0 Å². The molecule has 1 fully saturated rings. The third-order valence-electron chi connectivity index (χ3n) is 4.60. The molecule has 1 aromatic carbocycles. The molecule has 1 saturated heterocycles. The van der Waals surface area contributed by atoms with E-state index in [0.717, 1.165) is 11.3 Å². The molecular weight excluding hydrogens is 294 g/mol. The van der Waals surface area contributed by atoms with Gasteiger partial charge in [-0.2, -0.15) is 0 Å². The lowest BCUT2D eigenvalue weighted by Gasteiger charge is -2.36. The van der Waals surface area contributed by atoms with Crippen LogP contribution in [-0.4, -0.2) is 26.0 Å². The summed E-state index contributed by atoms with van der Waals surface area (Å²) in [5, 5.41) is 2.87. The molecule has 0 spiro atoms. The number of carbonyl (C=O) groups excluding carboxylic acids is 2. The van der Waals surface area contributed by atoms with Crippen molar-refractivity contribution in [1.82, 2.24) is 5.32 Å². The van der Waals surface area contributed by atoms with Crippen LogP contribution in [0, 0.1) is 0 Å². The molecule has 1 aliphatic rings. The van der Waals surface area contributed by atoms with Crippen molar-refractivity contribution in [3.63, 3.8) is 0 Å². The van der Waals surface area contributed by atoms with Crippen LogP contribution >= 0.6 is 0 Å². The number of hydrogen-bond acceptors (Lipinski definition) is 3. The SMILES string of the molecule is CC(C)(C)[Si](C)(C)Oc1ccc(C[C@@H]2NC(=O)CC2=O)cc1. The van der Waals surface area contributed by atoms with Gasteiger partial charge < -0.3 is 9.74 Å². The predicted octanol–water partition coefficient (Wildman–Crippen LogP) is 3.07. The van der Waals surface area contributed by atoms with Gasteiger partial charge in [0.1, 0.15) is 5.75 Å². The Balaban J connectivity index is 2.02. The molecule has 1 amide bonds. The minimum atomic E-state index is -1.83. The molecule has 0 radical (unpaired) electrons. The van der Waals surface area contributed by atoms with Crippen LogP contribution in [0.25, 0.3) is 0 Å². The van der Waals surface area contributed by atoms with E-state index in [1.807, 2.05) is 24.3 Å². The fourth-order valence-electron chi connectivity index (χ4n) is 2.15. The number of rotatable bonds is 4. The molecule has 1 N–H and O–H groups in total. The highest BCUT2D eigenvalue weighted by molar-refractivity contribution is 6.74. The molecule has 1 aliphatic heterocycles. The Bertz CT molecular complexity index is 573. The number of Topliss-reactive ketones (excluding diaryl/α,β-unsaturated/α-hetero) is 1. The summed E-state index contributed by atoms with van der Waals surface area (Å²) in [6.45, 7) is 11.1. The van der Waals surface area contributed by atoms with Crippen molar-refractivity contribution in [3.8, 4) is 5.75 Å². The maximum atomic E-state index is 11.7. The second-order valence-electron chi connectivity index (χ2n) is 7.47. The summed E-state index contributed by atoms with van der Waals surface area (Å²) in [6.07, 6.45) is 0.558. The topological polar surface area (TPSA) is 55.4 Å². The third-order valence-corrected chi connectivity index (χ3v) is 8.96.